The van der Waals surface area contributed by atoms with Gasteiger partial charge < -0.3 is 14.2 Å². The molecular formula is C16H16N2O3. The zero-order chi connectivity index (χ0) is 15.0. The Balaban J connectivity index is 2.06. The number of furan rings is 1. The monoisotopic (exact) mass is 284 g/mol. The van der Waals surface area contributed by atoms with Gasteiger partial charge in [0.05, 0.1) is 23.7 Å². The summed E-state index contributed by atoms with van der Waals surface area (Å²) in [6.45, 7) is 3.91. The highest BCUT2D eigenvalue weighted by molar-refractivity contribution is 6.09. The van der Waals surface area contributed by atoms with Crippen LogP contribution in [-0.4, -0.2) is 24.4 Å². The smallest absolute Gasteiger partial charge is 0.294 e. The normalized spacial score (nSPS) is 17.5. The zero-order valence-corrected chi connectivity index (χ0v) is 11.9. The second-order valence-electron chi connectivity index (χ2n) is 5.12. The molecule has 3 rings (SSSR count). The maximum absolute atomic E-state index is 12.6. The number of benzene rings is 1. The standard InChI is InChI=1S/C16H16N2O3/c1-11-10-17(16(20)15-8-5-9-21-15)13-6-3-4-7-14(13)18(11)12(2)19/h3-9,11H,10H2,1-2H3/t11-/m0/s1. The zero-order valence-electron chi connectivity index (χ0n) is 11.9. The lowest BCUT2D eigenvalue weighted by molar-refractivity contribution is -0.117. The van der Waals surface area contributed by atoms with Crippen molar-refractivity contribution in [1.82, 2.24) is 0 Å². The topological polar surface area (TPSA) is 53.8 Å². The summed E-state index contributed by atoms with van der Waals surface area (Å²) >= 11 is 0. The molecule has 0 unspecified atom stereocenters. The number of fused-ring (bicyclic) bond motifs is 1. The van der Waals surface area contributed by atoms with Crippen LogP contribution in [0.5, 0.6) is 0 Å². The average molecular weight is 284 g/mol. The van der Waals surface area contributed by atoms with Gasteiger partial charge in [-0.15, -0.1) is 0 Å². The summed E-state index contributed by atoms with van der Waals surface area (Å²) in [5, 5.41) is 0. The fraction of sp³-hybridized carbons (Fsp3) is 0.250. The molecule has 1 atom stereocenters. The van der Waals surface area contributed by atoms with Gasteiger partial charge in [0, 0.05) is 13.5 Å². The number of hydrogen-bond donors (Lipinski definition) is 0. The van der Waals surface area contributed by atoms with Crippen molar-refractivity contribution in [1.29, 1.82) is 0 Å². The van der Waals surface area contributed by atoms with Crippen molar-refractivity contribution in [2.75, 3.05) is 16.3 Å². The van der Waals surface area contributed by atoms with Crippen LogP contribution in [0.3, 0.4) is 0 Å². The van der Waals surface area contributed by atoms with Crippen LogP contribution in [0.4, 0.5) is 11.4 Å². The van der Waals surface area contributed by atoms with Crippen molar-refractivity contribution in [3.05, 3.63) is 48.4 Å². The van der Waals surface area contributed by atoms with E-state index >= 15 is 0 Å². The van der Waals surface area contributed by atoms with Crippen molar-refractivity contribution in [2.24, 2.45) is 0 Å². The number of carbonyl (C=O) groups excluding carboxylic acids is 2. The van der Waals surface area contributed by atoms with Gasteiger partial charge >= 0.3 is 0 Å². The second-order valence-corrected chi connectivity index (χ2v) is 5.12. The molecule has 2 aromatic rings. The maximum atomic E-state index is 12.6. The Morgan fingerprint density at radius 1 is 1.14 bits per heavy atom. The first kappa shape index (κ1) is 13.4. The Morgan fingerprint density at radius 3 is 2.48 bits per heavy atom. The van der Waals surface area contributed by atoms with Gasteiger partial charge in [0.1, 0.15) is 0 Å². The van der Waals surface area contributed by atoms with Gasteiger partial charge in [0.15, 0.2) is 5.76 Å². The molecule has 0 saturated carbocycles. The lowest BCUT2D eigenvalue weighted by Gasteiger charge is -2.40. The maximum Gasteiger partial charge on any atom is 0.294 e. The number of para-hydroxylation sites is 2. The molecule has 0 N–H and O–H groups in total. The molecular weight excluding hydrogens is 268 g/mol. The molecule has 21 heavy (non-hydrogen) atoms. The quantitative estimate of drug-likeness (QED) is 0.809. The average Bonchev–Trinajstić information content (AvgIpc) is 2.99. The fourth-order valence-electron chi connectivity index (χ4n) is 2.78. The first-order valence-corrected chi connectivity index (χ1v) is 6.84. The number of amides is 2. The summed E-state index contributed by atoms with van der Waals surface area (Å²) in [4.78, 5) is 27.8. The van der Waals surface area contributed by atoms with Crippen LogP contribution in [-0.2, 0) is 4.79 Å². The van der Waals surface area contributed by atoms with Crippen LogP contribution in [0.2, 0.25) is 0 Å². The number of carbonyl (C=O) groups is 2. The fourth-order valence-corrected chi connectivity index (χ4v) is 2.78. The van der Waals surface area contributed by atoms with Crippen LogP contribution >= 0.6 is 0 Å². The number of rotatable bonds is 1. The van der Waals surface area contributed by atoms with Crippen LogP contribution in [0, 0.1) is 0 Å². The van der Waals surface area contributed by atoms with E-state index in [-0.39, 0.29) is 17.9 Å². The van der Waals surface area contributed by atoms with E-state index in [9.17, 15) is 9.59 Å². The Hall–Kier alpha value is -2.56. The Morgan fingerprint density at radius 2 is 1.86 bits per heavy atom. The molecule has 1 aliphatic heterocycles. The molecule has 1 aromatic heterocycles. The summed E-state index contributed by atoms with van der Waals surface area (Å²) in [7, 11) is 0. The van der Waals surface area contributed by atoms with Crippen molar-refractivity contribution in [3.63, 3.8) is 0 Å². The van der Waals surface area contributed by atoms with E-state index in [1.54, 1.807) is 21.9 Å². The number of hydrogen-bond acceptors (Lipinski definition) is 3. The molecule has 1 aliphatic rings. The van der Waals surface area contributed by atoms with Gasteiger partial charge in [-0.25, -0.2) is 0 Å². The lowest BCUT2D eigenvalue weighted by atomic mass is 10.1. The highest BCUT2D eigenvalue weighted by Gasteiger charge is 2.34. The molecule has 5 heteroatoms. The van der Waals surface area contributed by atoms with E-state index in [0.29, 0.717) is 12.3 Å². The minimum absolute atomic E-state index is 0.0277. The predicted molar refractivity (Wildman–Crippen MR) is 79.4 cm³/mol. The largest absolute Gasteiger partial charge is 0.459 e. The Kier molecular flexibility index (Phi) is 3.25. The van der Waals surface area contributed by atoms with E-state index in [1.807, 2.05) is 31.2 Å². The molecule has 5 nitrogen and oxygen atoms in total. The molecule has 0 radical (unpaired) electrons. The lowest BCUT2D eigenvalue weighted by Crippen LogP contribution is -2.51. The third-order valence-electron chi connectivity index (χ3n) is 3.64. The SMILES string of the molecule is CC(=O)N1c2ccccc2N(C(=O)c2ccco2)C[C@@H]1C. The Bertz CT molecular complexity index is 679. The van der Waals surface area contributed by atoms with Crippen LogP contribution in [0.1, 0.15) is 24.4 Å². The molecule has 0 aliphatic carbocycles. The van der Waals surface area contributed by atoms with Gasteiger partial charge in [-0.2, -0.15) is 0 Å². The van der Waals surface area contributed by atoms with E-state index in [4.69, 9.17) is 4.42 Å². The van der Waals surface area contributed by atoms with E-state index < -0.39 is 0 Å². The summed E-state index contributed by atoms with van der Waals surface area (Å²) < 4.78 is 5.20. The van der Waals surface area contributed by atoms with Crippen LogP contribution in [0.15, 0.2) is 47.1 Å². The first-order chi connectivity index (χ1) is 10.1. The molecule has 0 saturated heterocycles. The van der Waals surface area contributed by atoms with Crippen molar-refractivity contribution < 1.29 is 14.0 Å². The number of anilines is 2. The van der Waals surface area contributed by atoms with Gasteiger partial charge in [0.2, 0.25) is 5.91 Å². The summed E-state index contributed by atoms with van der Waals surface area (Å²) in [6, 6.07) is 10.7. The van der Waals surface area contributed by atoms with Crippen LogP contribution in [0.25, 0.3) is 0 Å². The summed E-state index contributed by atoms with van der Waals surface area (Å²) in [5.74, 6) is 0.0795. The molecule has 0 fully saturated rings. The van der Waals surface area contributed by atoms with Gasteiger partial charge in [-0.05, 0) is 31.2 Å². The third-order valence-corrected chi connectivity index (χ3v) is 3.64. The van der Waals surface area contributed by atoms with Crippen molar-refractivity contribution in [3.8, 4) is 0 Å². The molecule has 2 heterocycles. The minimum atomic E-state index is -0.192. The van der Waals surface area contributed by atoms with Gasteiger partial charge in [-0.1, -0.05) is 12.1 Å². The highest BCUT2D eigenvalue weighted by Crippen LogP contribution is 2.36. The third kappa shape index (κ3) is 2.20. The Labute approximate surface area is 122 Å². The molecule has 2 amide bonds. The van der Waals surface area contributed by atoms with E-state index in [2.05, 4.69) is 0 Å². The molecule has 108 valence electrons. The van der Waals surface area contributed by atoms with E-state index in [0.717, 1.165) is 11.4 Å². The first-order valence-electron chi connectivity index (χ1n) is 6.84. The predicted octanol–water partition coefficient (Wildman–Crippen LogP) is 2.68. The van der Waals surface area contributed by atoms with Gasteiger partial charge in [0.25, 0.3) is 5.91 Å². The minimum Gasteiger partial charge on any atom is -0.459 e. The highest BCUT2D eigenvalue weighted by atomic mass is 16.3. The molecule has 0 bridgehead atoms. The number of nitrogens with zero attached hydrogens (tertiary/aromatic N) is 2. The van der Waals surface area contributed by atoms with Crippen molar-refractivity contribution in [2.45, 2.75) is 19.9 Å². The van der Waals surface area contributed by atoms with E-state index in [1.165, 1.54) is 13.2 Å². The molecule has 1 aromatic carbocycles. The molecule has 0 spiro atoms. The summed E-state index contributed by atoms with van der Waals surface area (Å²) in [6.07, 6.45) is 1.48. The second kappa shape index (κ2) is 5.09. The van der Waals surface area contributed by atoms with Gasteiger partial charge in [-0.3, -0.25) is 9.59 Å². The van der Waals surface area contributed by atoms with Crippen LogP contribution < -0.4 is 9.80 Å². The van der Waals surface area contributed by atoms with Crippen molar-refractivity contribution >= 4 is 23.2 Å². The summed E-state index contributed by atoms with van der Waals surface area (Å²) in [5.41, 5.74) is 1.48.